The average Bonchev–Trinajstić information content (AvgIpc) is 3.30. The van der Waals surface area contributed by atoms with Crippen molar-refractivity contribution in [3.8, 4) is 5.75 Å². The number of amides is 1. The SMILES string of the molecule is CN(C)c1cc(C2C=CCC2)c(O)c2c1C[C@H]1C[C@H]3CC(=O)C(C(N)=O)=C(O)[C@@]3(O)C(=O)C1=C2O. The van der Waals surface area contributed by atoms with Gasteiger partial charge in [0.05, 0.1) is 5.56 Å². The molecular formula is C26H28N2O7. The molecule has 1 aromatic rings. The second-order valence-electron chi connectivity index (χ2n) is 10.1. The molecule has 1 unspecified atom stereocenters. The summed E-state index contributed by atoms with van der Waals surface area (Å²) in [4.78, 5) is 39.8. The molecule has 5 rings (SSSR count). The van der Waals surface area contributed by atoms with Crippen LogP contribution in [-0.2, 0) is 20.8 Å². The quantitative estimate of drug-likeness (QED) is 0.324. The molecule has 0 aliphatic heterocycles. The number of nitrogens with two attached hydrogens (primary N) is 1. The number of carbonyl (C=O) groups is 3. The molecule has 4 aliphatic rings. The highest BCUT2D eigenvalue weighted by molar-refractivity contribution is 6.22. The summed E-state index contributed by atoms with van der Waals surface area (Å²) in [7, 11) is 3.71. The molecule has 0 heterocycles. The van der Waals surface area contributed by atoms with Gasteiger partial charge in [-0.05, 0) is 43.2 Å². The van der Waals surface area contributed by atoms with E-state index in [1.165, 1.54) is 0 Å². The topological polar surface area (TPSA) is 161 Å². The Labute approximate surface area is 201 Å². The minimum atomic E-state index is -2.55. The van der Waals surface area contributed by atoms with Gasteiger partial charge >= 0.3 is 0 Å². The van der Waals surface area contributed by atoms with Crippen molar-refractivity contribution in [1.82, 2.24) is 0 Å². The Morgan fingerprint density at radius 2 is 1.89 bits per heavy atom. The van der Waals surface area contributed by atoms with Crippen LogP contribution >= 0.6 is 0 Å². The number of hydrogen-bond acceptors (Lipinski definition) is 8. The molecule has 184 valence electrons. The predicted octanol–water partition coefficient (Wildman–Crippen LogP) is 1.92. The average molecular weight is 481 g/mol. The van der Waals surface area contributed by atoms with Gasteiger partial charge in [-0.3, -0.25) is 14.4 Å². The maximum Gasteiger partial charge on any atom is 0.255 e. The first-order chi connectivity index (χ1) is 16.5. The number of hydrogen-bond donors (Lipinski definition) is 5. The number of anilines is 1. The van der Waals surface area contributed by atoms with Gasteiger partial charge in [0, 0.05) is 49.2 Å². The van der Waals surface area contributed by atoms with Gasteiger partial charge in [-0.25, -0.2) is 0 Å². The highest BCUT2D eigenvalue weighted by Crippen LogP contribution is 2.54. The Kier molecular flexibility index (Phi) is 5.10. The number of carbonyl (C=O) groups excluding carboxylic acids is 3. The predicted molar refractivity (Wildman–Crippen MR) is 127 cm³/mol. The minimum absolute atomic E-state index is 0.0420. The number of phenolic OH excluding ortho intramolecular Hbond substituents is 1. The first-order valence-electron chi connectivity index (χ1n) is 11.7. The maximum atomic E-state index is 13.7. The third-order valence-corrected chi connectivity index (χ3v) is 7.96. The van der Waals surface area contributed by atoms with Crippen molar-refractivity contribution in [2.45, 2.75) is 43.6 Å². The van der Waals surface area contributed by atoms with E-state index in [9.17, 15) is 34.8 Å². The van der Waals surface area contributed by atoms with Crippen molar-refractivity contribution in [3.05, 3.63) is 51.8 Å². The van der Waals surface area contributed by atoms with Crippen LogP contribution in [0.5, 0.6) is 5.75 Å². The summed E-state index contributed by atoms with van der Waals surface area (Å²) in [6, 6.07) is 1.91. The number of aromatic hydroxyl groups is 1. The molecule has 0 saturated heterocycles. The van der Waals surface area contributed by atoms with Crippen LogP contribution in [0.15, 0.2) is 35.1 Å². The highest BCUT2D eigenvalue weighted by atomic mass is 16.3. The zero-order chi connectivity index (χ0) is 25.4. The van der Waals surface area contributed by atoms with Gasteiger partial charge < -0.3 is 31.1 Å². The number of primary amides is 1. The number of ketones is 2. The van der Waals surface area contributed by atoms with Crippen molar-refractivity contribution in [1.29, 1.82) is 0 Å². The van der Waals surface area contributed by atoms with Gasteiger partial charge in [0.15, 0.2) is 11.4 Å². The van der Waals surface area contributed by atoms with E-state index in [-0.39, 0.29) is 42.1 Å². The molecule has 9 nitrogen and oxygen atoms in total. The van der Waals surface area contributed by atoms with Gasteiger partial charge in [0.1, 0.15) is 22.8 Å². The molecule has 0 aromatic heterocycles. The van der Waals surface area contributed by atoms with Crippen LogP contribution in [0.1, 0.15) is 48.3 Å². The van der Waals surface area contributed by atoms with Crippen LogP contribution in [0.2, 0.25) is 0 Å². The largest absolute Gasteiger partial charge is 0.508 e. The Bertz CT molecular complexity index is 1290. The van der Waals surface area contributed by atoms with E-state index < -0.39 is 52.0 Å². The van der Waals surface area contributed by atoms with E-state index in [0.29, 0.717) is 11.1 Å². The standard InChI is InChI=1S/C26H28N2O7/c1-28(2)16-10-14(11-5-3-4-6-11)21(30)19-15(16)8-12-7-13-9-17(29)20(25(27)34)24(33)26(13,35)23(32)18(12)22(19)31/h3,5,10-13,30-31,33,35H,4,6-9H2,1-2H3,(H2,27,34)/t11?,12-,13+,26+/m1/s1. The summed E-state index contributed by atoms with van der Waals surface area (Å²) >= 11 is 0. The lowest BCUT2D eigenvalue weighted by Gasteiger charge is -2.46. The monoisotopic (exact) mass is 480 g/mol. The van der Waals surface area contributed by atoms with Gasteiger partial charge in [0.25, 0.3) is 5.91 Å². The molecule has 4 atom stereocenters. The number of rotatable bonds is 3. The van der Waals surface area contributed by atoms with E-state index in [1.807, 2.05) is 37.2 Å². The van der Waals surface area contributed by atoms with Crippen molar-refractivity contribution in [2.75, 3.05) is 19.0 Å². The third-order valence-electron chi connectivity index (χ3n) is 7.96. The number of phenols is 1. The second-order valence-corrected chi connectivity index (χ2v) is 10.1. The molecule has 0 bridgehead atoms. The zero-order valence-corrected chi connectivity index (χ0v) is 19.5. The second kappa shape index (κ2) is 7.71. The molecule has 35 heavy (non-hydrogen) atoms. The molecule has 1 saturated carbocycles. The Balaban J connectivity index is 1.73. The maximum absolute atomic E-state index is 13.7. The summed E-state index contributed by atoms with van der Waals surface area (Å²) in [5.74, 6) is -6.16. The van der Waals surface area contributed by atoms with Gasteiger partial charge in [0.2, 0.25) is 5.78 Å². The summed E-state index contributed by atoms with van der Waals surface area (Å²) in [5, 5.41) is 44.7. The van der Waals surface area contributed by atoms with E-state index in [0.717, 1.165) is 18.5 Å². The number of Topliss-reactive ketones (excluding diaryl/α,β-unsaturated/α-hetero) is 2. The number of allylic oxidation sites excluding steroid dienone is 2. The van der Waals surface area contributed by atoms with Crippen LogP contribution in [0.25, 0.3) is 5.76 Å². The molecule has 0 spiro atoms. The fourth-order valence-corrected chi connectivity index (χ4v) is 6.26. The molecule has 1 amide bonds. The Morgan fingerprint density at radius 1 is 1.17 bits per heavy atom. The summed E-state index contributed by atoms with van der Waals surface area (Å²) in [6.45, 7) is 0. The summed E-state index contributed by atoms with van der Waals surface area (Å²) in [5.41, 5.74) is 4.00. The van der Waals surface area contributed by atoms with Crippen LogP contribution in [-0.4, -0.2) is 57.6 Å². The van der Waals surface area contributed by atoms with Crippen molar-refractivity contribution in [2.24, 2.45) is 17.6 Å². The fourth-order valence-electron chi connectivity index (χ4n) is 6.26. The lowest BCUT2D eigenvalue weighted by molar-refractivity contribution is -0.147. The lowest BCUT2D eigenvalue weighted by atomic mass is 9.59. The van der Waals surface area contributed by atoms with Gasteiger partial charge in [-0.2, -0.15) is 0 Å². The smallest absolute Gasteiger partial charge is 0.255 e. The van der Waals surface area contributed by atoms with Crippen molar-refractivity contribution in [3.63, 3.8) is 0 Å². The van der Waals surface area contributed by atoms with E-state index in [4.69, 9.17) is 5.73 Å². The number of fused-ring (bicyclic) bond motifs is 3. The molecule has 6 N–H and O–H groups in total. The van der Waals surface area contributed by atoms with Gasteiger partial charge in [-0.1, -0.05) is 12.2 Å². The number of nitrogens with zero attached hydrogens (tertiary/aromatic N) is 1. The molecular weight excluding hydrogens is 452 g/mol. The molecule has 1 aromatic carbocycles. The van der Waals surface area contributed by atoms with Crippen LogP contribution in [0, 0.1) is 11.8 Å². The third kappa shape index (κ3) is 3.07. The number of benzene rings is 1. The van der Waals surface area contributed by atoms with Crippen LogP contribution in [0.4, 0.5) is 5.69 Å². The van der Waals surface area contributed by atoms with Crippen molar-refractivity contribution >= 4 is 28.9 Å². The number of aliphatic hydroxyl groups is 3. The first-order valence-corrected chi connectivity index (χ1v) is 11.7. The van der Waals surface area contributed by atoms with E-state index in [1.54, 1.807) is 0 Å². The molecule has 1 fully saturated rings. The molecule has 9 heteroatoms. The fraction of sp³-hybridized carbons (Fsp3) is 0.423. The minimum Gasteiger partial charge on any atom is -0.508 e. The van der Waals surface area contributed by atoms with Crippen LogP contribution in [0.3, 0.4) is 0 Å². The number of aliphatic hydroxyl groups excluding tert-OH is 2. The Morgan fingerprint density at radius 3 is 2.49 bits per heavy atom. The van der Waals surface area contributed by atoms with Crippen LogP contribution < -0.4 is 10.6 Å². The van der Waals surface area contributed by atoms with E-state index >= 15 is 0 Å². The summed E-state index contributed by atoms with van der Waals surface area (Å²) < 4.78 is 0. The van der Waals surface area contributed by atoms with Crippen molar-refractivity contribution < 1.29 is 34.8 Å². The molecule has 4 aliphatic carbocycles. The Hall–Kier alpha value is -3.59. The first kappa shape index (κ1) is 23.2. The van der Waals surface area contributed by atoms with Gasteiger partial charge in [-0.15, -0.1) is 0 Å². The lowest BCUT2D eigenvalue weighted by Crippen LogP contribution is -2.58. The normalized spacial score (nSPS) is 29.7. The van der Waals surface area contributed by atoms with E-state index in [2.05, 4.69) is 0 Å². The zero-order valence-electron chi connectivity index (χ0n) is 19.5. The highest BCUT2D eigenvalue weighted by Gasteiger charge is 2.60. The molecule has 0 radical (unpaired) electrons. The summed E-state index contributed by atoms with van der Waals surface area (Å²) in [6.07, 6.45) is 5.78.